The highest BCUT2D eigenvalue weighted by Crippen LogP contribution is 2.24. The van der Waals surface area contributed by atoms with Gasteiger partial charge in [-0.2, -0.15) is 0 Å². The van der Waals surface area contributed by atoms with Crippen LogP contribution in [0.25, 0.3) is 0 Å². The van der Waals surface area contributed by atoms with Crippen LogP contribution >= 0.6 is 0 Å². The van der Waals surface area contributed by atoms with Gasteiger partial charge in [0.1, 0.15) is 11.8 Å². The molecule has 2 unspecified atom stereocenters. The van der Waals surface area contributed by atoms with Crippen molar-refractivity contribution in [2.45, 2.75) is 19.0 Å². The Morgan fingerprint density at radius 1 is 1.11 bits per heavy atom. The summed E-state index contributed by atoms with van der Waals surface area (Å²) in [5.41, 5.74) is 9.26. The smallest absolute Gasteiger partial charge is 0.241 e. The topological polar surface area (TPSA) is 76.8 Å². The summed E-state index contributed by atoms with van der Waals surface area (Å²) in [4.78, 5) is 15.0. The van der Waals surface area contributed by atoms with E-state index in [2.05, 4.69) is 10.2 Å². The number of carbonyl (C=O) groups is 1. The zero-order chi connectivity index (χ0) is 19.9. The highest BCUT2D eigenvalue weighted by atomic mass is 16.5. The summed E-state index contributed by atoms with van der Waals surface area (Å²) in [5, 5.41) is 3.04. The van der Waals surface area contributed by atoms with Crippen LogP contribution in [0.5, 0.6) is 5.75 Å². The number of hydrogen-bond acceptors (Lipinski definition) is 5. The van der Waals surface area contributed by atoms with E-state index >= 15 is 0 Å². The van der Waals surface area contributed by atoms with Crippen molar-refractivity contribution in [3.05, 3.63) is 65.2 Å². The second-order valence-electron chi connectivity index (χ2n) is 7.07. The first kappa shape index (κ1) is 20.3. The molecule has 0 saturated carbocycles. The molecule has 0 bridgehead atoms. The molecule has 1 aliphatic heterocycles. The second kappa shape index (κ2) is 9.68. The summed E-state index contributed by atoms with van der Waals surface area (Å²) in [6, 6.07) is 15.1. The van der Waals surface area contributed by atoms with Gasteiger partial charge in [0, 0.05) is 19.6 Å². The van der Waals surface area contributed by atoms with E-state index in [4.69, 9.17) is 15.2 Å². The number of nitrogens with two attached hydrogens (primary N) is 1. The minimum atomic E-state index is -0.679. The van der Waals surface area contributed by atoms with Gasteiger partial charge in [-0.25, -0.2) is 0 Å². The maximum absolute atomic E-state index is 12.6. The largest absolute Gasteiger partial charge is 0.497 e. The van der Waals surface area contributed by atoms with Crippen LogP contribution in [0.15, 0.2) is 48.5 Å². The lowest BCUT2D eigenvalue weighted by molar-refractivity contribution is -0.122. The standard InChI is InChI=1S/C22H29N3O3/c1-16-3-5-18(6-4-16)21(23)22(26)24-15-20(25-11-13-28-14-12-25)17-7-9-19(27-2)10-8-17/h3-10,20-21H,11-15,23H2,1-2H3,(H,24,26). The van der Waals surface area contributed by atoms with E-state index in [9.17, 15) is 4.79 Å². The Hall–Kier alpha value is -2.41. The Bertz CT molecular complexity index is 756. The lowest BCUT2D eigenvalue weighted by Gasteiger charge is -2.35. The molecule has 2 aromatic rings. The summed E-state index contributed by atoms with van der Waals surface area (Å²) in [6.07, 6.45) is 0. The van der Waals surface area contributed by atoms with Gasteiger partial charge in [0.15, 0.2) is 0 Å². The summed E-state index contributed by atoms with van der Waals surface area (Å²) in [5.74, 6) is 0.644. The van der Waals surface area contributed by atoms with E-state index in [1.165, 1.54) is 0 Å². The van der Waals surface area contributed by atoms with Crippen LogP contribution in [-0.4, -0.2) is 50.8 Å². The first-order chi connectivity index (χ1) is 13.6. The molecule has 6 nitrogen and oxygen atoms in total. The number of methoxy groups -OCH3 is 1. The number of benzene rings is 2. The van der Waals surface area contributed by atoms with Crippen LogP contribution in [0.2, 0.25) is 0 Å². The van der Waals surface area contributed by atoms with Crippen LogP contribution in [0, 0.1) is 6.92 Å². The van der Waals surface area contributed by atoms with Crippen molar-refractivity contribution < 1.29 is 14.3 Å². The number of nitrogens with one attached hydrogen (secondary N) is 1. The highest BCUT2D eigenvalue weighted by Gasteiger charge is 2.24. The molecule has 3 N–H and O–H groups in total. The number of amides is 1. The lowest BCUT2D eigenvalue weighted by atomic mass is 10.0. The van der Waals surface area contributed by atoms with Gasteiger partial charge in [0.25, 0.3) is 0 Å². The average molecular weight is 383 g/mol. The second-order valence-corrected chi connectivity index (χ2v) is 7.07. The number of carbonyl (C=O) groups excluding carboxylic acids is 1. The number of nitrogens with zero attached hydrogens (tertiary/aromatic N) is 1. The molecule has 0 radical (unpaired) electrons. The number of morpholine rings is 1. The van der Waals surface area contributed by atoms with E-state index in [1.54, 1.807) is 7.11 Å². The number of ether oxygens (including phenoxy) is 2. The number of aryl methyl sites for hydroxylation is 1. The molecular formula is C22H29N3O3. The van der Waals surface area contributed by atoms with Crippen molar-refractivity contribution in [3.63, 3.8) is 0 Å². The Morgan fingerprint density at radius 3 is 2.32 bits per heavy atom. The third-order valence-corrected chi connectivity index (χ3v) is 5.18. The Labute approximate surface area is 166 Å². The molecule has 0 spiro atoms. The maximum atomic E-state index is 12.6. The molecule has 1 saturated heterocycles. The lowest BCUT2D eigenvalue weighted by Crippen LogP contribution is -2.45. The highest BCUT2D eigenvalue weighted by molar-refractivity contribution is 5.83. The molecule has 3 rings (SSSR count). The van der Waals surface area contributed by atoms with Crippen LogP contribution in [0.3, 0.4) is 0 Å². The summed E-state index contributed by atoms with van der Waals surface area (Å²) in [6.45, 7) is 5.56. The van der Waals surface area contributed by atoms with Gasteiger partial charge in [-0.15, -0.1) is 0 Å². The summed E-state index contributed by atoms with van der Waals surface area (Å²) < 4.78 is 10.7. The van der Waals surface area contributed by atoms with Gasteiger partial charge in [-0.05, 0) is 30.2 Å². The third-order valence-electron chi connectivity index (χ3n) is 5.18. The Balaban J connectivity index is 1.69. The van der Waals surface area contributed by atoms with Crippen molar-refractivity contribution in [3.8, 4) is 5.75 Å². The quantitative estimate of drug-likeness (QED) is 0.767. The van der Waals surface area contributed by atoms with E-state index in [1.807, 2.05) is 55.5 Å². The minimum Gasteiger partial charge on any atom is -0.497 e. The number of hydrogen-bond donors (Lipinski definition) is 2. The van der Waals surface area contributed by atoms with Gasteiger partial charge in [-0.1, -0.05) is 42.0 Å². The Morgan fingerprint density at radius 2 is 1.71 bits per heavy atom. The van der Waals surface area contributed by atoms with Crippen molar-refractivity contribution in [2.75, 3.05) is 40.0 Å². The molecule has 0 aliphatic carbocycles. The fourth-order valence-electron chi connectivity index (χ4n) is 3.41. The monoisotopic (exact) mass is 383 g/mol. The zero-order valence-electron chi connectivity index (χ0n) is 16.6. The van der Waals surface area contributed by atoms with Gasteiger partial charge >= 0.3 is 0 Å². The van der Waals surface area contributed by atoms with Gasteiger partial charge in [0.05, 0.1) is 26.4 Å². The van der Waals surface area contributed by atoms with Crippen molar-refractivity contribution in [2.24, 2.45) is 5.73 Å². The minimum absolute atomic E-state index is 0.0592. The van der Waals surface area contributed by atoms with Crippen LogP contribution in [0.1, 0.15) is 28.8 Å². The molecule has 1 amide bonds. The van der Waals surface area contributed by atoms with Crippen molar-refractivity contribution in [1.29, 1.82) is 0 Å². The first-order valence-electron chi connectivity index (χ1n) is 9.64. The number of rotatable bonds is 7. The van der Waals surface area contributed by atoms with E-state index in [0.29, 0.717) is 19.8 Å². The van der Waals surface area contributed by atoms with Crippen LogP contribution in [-0.2, 0) is 9.53 Å². The normalized spacial score (nSPS) is 17.0. The Kier molecular flexibility index (Phi) is 7.03. The molecule has 1 fully saturated rings. The molecule has 6 heteroatoms. The molecular weight excluding hydrogens is 354 g/mol. The third kappa shape index (κ3) is 5.10. The molecule has 1 heterocycles. The van der Waals surface area contributed by atoms with Gasteiger partial charge in [0.2, 0.25) is 5.91 Å². The fraction of sp³-hybridized carbons (Fsp3) is 0.409. The summed E-state index contributed by atoms with van der Waals surface area (Å²) in [7, 11) is 1.65. The predicted octanol–water partition coefficient (Wildman–Crippen LogP) is 2.19. The molecule has 2 aromatic carbocycles. The van der Waals surface area contributed by atoms with E-state index < -0.39 is 6.04 Å². The van der Waals surface area contributed by atoms with Crippen LogP contribution < -0.4 is 15.8 Å². The van der Waals surface area contributed by atoms with Crippen molar-refractivity contribution >= 4 is 5.91 Å². The fourth-order valence-corrected chi connectivity index (χ4v) is 3.41. The van der Waals surface area contributed by atoms with Crippen molar-refractivity contribution in [1.82, 2.24) is 10.2 Å². The van der Waals surface area contributed by atoms with Crippen LogP contribution in [0.4, 0.5) is 0 Å². The SMILES string of the molecule is COc1ccc(C(CNC(=O)C(N)c2ccc(C)cc2)N2CCOCC2)cc1. The molecule has 0 aromatic heterocycles. The summed E-state index contributed by atoms with van der Waals surface area (Å²) >= 11 is 0. The molecule has 150 valence electrons. The molecule has 2 atom stereocenters. The molecule has 1 aliphatic rings. The van der Waals surface area contributed by atoms with E-state index in [0.717, 1.165) is 35.5 Å². The van der Waals surface area contributed by atoms with Gasteiger partial charge in [-0.3, -0.25) is 9.69 Å². The zero-order valence-corrected chi connectivity index (χ0v) is 16.6. The average Bonchev–Trinajstić information content (AvgIpc) is 2.75. The maximum Gasteiger partial charge on any atom is 0.241 e. The molecule has 28 heavy (non-hydrogen) atoms. The van der Waals surface area contributed by atoms with Gasteiger partial charge < -0.3 is 20.5 Å². The van der Waals surface area contributed by atoms with E-state index in [-0.39, 0.29) is 11.9 Å². The predicted molar refractivity (Wildman–Crippen MR) is 109 cm³/mol. The first-order valence-corrected chi connectivity index (χ1v) is 9.64.